The average molecular weight is 624 g/mol. The Labute approximate surface area is 269 Å². The number of hydrogen-bond acceptors (Lipinski definition) is 6. The highest BCUT2D eigenvalue weighted by atomic mass is 16.6. The summed E-state index contributed by atoms with van der Waals surface area (Å²) in [7, 11) is 0. The first-order chi connectivity index (χ1) is 21.1. The second-order valence-corrected chi connectivity index (χ2v) is 13.0. The van der Waals surface area contributed by atoms with E-state index in [4.69, 9.17) is 9.47 Å². The van der Waals surface area contributed by atoms with Gasteiger partial charge in [-0.1, -0.05) is 62.4 Å². The number of carbonyl (C=O) groups excluding carboxylic acids is 4. The molecule has 0 bridgehead atoms. The highest BCUT2D eigenvalue weighted by molar-refractivity contribution is 5.93. The van der Waals surface area contributed by atoms with E-state index in [0.717, 1.165) is 23.1 Å². The van der Waals surface area contributed by atoms with Crippen LogP contribution in [0.2, 0.25) is 0 Å². The molecule has 3 unspecified atom stereocenters. The van der Waals surface area contributed by atoms with Crippen LogP contribution < -0.4 is 10.6 Å². The van der Waals surface area contributed by atoms with Crippen molar-refractivity contribution in [3.8, 4) is 0 Å². The second kappa shape index (κ2) is 17.6. The van der Waals surface area contributed by atoms with Crippen molar-refractivity contribution >= 4 is 23.9 Å². The Kier molecular flexibility index (Phi) is 14.6. The Hall–Kier alpha value is -3.88. The first-order valence-corrected chi connectivity index (χ1v) is 16.0. The number of esters is 1. The van der Waals surface area contributed by atoms with E-state index in [1.807, 2.05) is 69.3 Å². The van der Waals surface area contributed by atoms with Gasteiger partial charge in [-0.05, 0) is 89.5 Å². The van der Waals surface area contributed by atoms with Gasteiger partial charge in [0.1, 0.15) is 17.7 Å². The van der Waals surface area contributed by atoms with Crippen LogP contribution in [0.25, 0.3) is 0 Å². The molecule has 2 rings (SSSR count). The van der Waals surface area contributed by atoms with Gasteiger partial charge >= 0.3 is 12.1 Å². The third kappa shape index (κ3) is 12.2. The predicted octanol–water partition coefficient (Wildman–Crippen LogP) is 6.20. The van der Waals surface area contributed by atoms with Crippen LogP contribution in [0.15, 0.2) is 48.5 Å². The lowest BCUT2D eigenvalue weighted by molar-refractivity contribution is -0.146. The Bertz CT molecular complexity index is 1250. The first-order valence-electron chi connectivity index (χ1n) is 16.0. The van der Waals surface area contributed by atoms with Crippen molar-refractivity contribution in [3.63, 3.8) is 0 Å². The third-order valence-corrected chi connectivity index (χ3v) is 7.44. The van der Waals surface area contributed by atoms with Crippen LogP contribution in [0, 0.1) is 19.8 Å². The van der Waals surface area contributed by atoms with E-state index < -0.39 is 41.6 Å². The highest BCUT2D eigenvalue weighted by Gasteiger charge is 2.40. The quantitative estimate of drug-likeness (QED) is 0.228. The van der Waals surface area contributed by atoms with Crippen LogP contribution >= 0.6 is 0 Å². The molecule has 9 heteroatoms. The zero-order chi connectivity index (χ0) is 33.7. The molecule has 248 valence electrons. The van der Waals surface area contributed by atoms with E-state index in [-0.39, 0.29) is 32.0 Å². The molecule has 0 saturated heterocycles. The zero-order valence-corrected chi connectivity index (χ0v) is 28.6. The molecule has 0 aromatic heterocycles. The van der Waals surface area contributed by atoms with E-state index in [1.54, 1.807) is 32.6 Å². The molecule has 45 heavy (non-hydrogen) atoms. The number of ether oxygens (including phenoxy) is 2. The van der Waals surface area contributed by atoms with Crippen molar-refractivity contribution in [2.24, 2.45) is 5.92 Å². The fraction of sp³-hybridized carbons (Fsp3) is 0.556. The van der Waals surface area contributed by atoms with Crippen molar-refractivity contribution in [2.75, 3.05) is 13.2 Å². The van der Waals surface area contributed by atoms with Gasteiger partial charge in [-0.2, -0.15) is 0 Å². The van der Waals surface area contributed by atoms with Gasteiger partial charge < -0.3 is 25.0 Å². The lowest BCUT2D eigenvalue weighted by Gasteiger charge is -2.40. The lowest BCUT2D eigenvalue weighted by atomic mass is 9.91. The zero-order valence-electron chi connectivity index (χ0n) is 28.6. The SMILES string of the molecule is CCOC(=O)CCNC(=O)C(c1c(C)cccc1C)N(C(=O)C(Cc1ccccc1)NC(=O)OC(C)(C)C)C(C)CCC(C)C. The van der Waals surface area contributed by atoms with Gasteiger partial charge in [-0.25, -0.2) is 4.79 Å². The molecular weight excluding hydrogens is 570 g/mol. The molecule has 9 nitrogen and oxygen atoms in total. The molecule has 0 saturated carbocycles. The summed E-state index contributed by atoms with van der Waals surface area (Å²) in [5, 5.41) is 5.72. The van der Waals surface area contributed by atoms with Gasteiger partial charge in [0.15, 0.2) is 0 Å². The van der Waals surface area contributed by atoms with Gasteiger partial charge in [-0.15, -0.1) is 0 Å². The van der Waals surface area contributed by atoms with Gasteiger partial charge in [0, 0.05) is 19.0 Å². The van der Waals surface area contributed by atoms with Crippen molar-refractivity contribution in [2.45, 2.75) is 112 Å². The molecule has 2 aromatic rings. The number of rotatable bonds is 15. The first kappa shape index (κ1) is 37.3. The normalized spacial score (nSPS) is 13.4. The molecule has 0 radical (unpaired) electrons. The minimum absolute atomic E-state index is 0.00668. The summed E-state index contributed by atoms with van der Waals surface area (Å²) in [6.07, 6.45) is 0.973. The number of carbonyl (C=O) groups is 4. The highest BCUT2D eigenvalue weighted by Crippen LogP contribution is 2.32. The minimum atomic E-state index is -1.01. The summed E-state index contributed by atoms with van der Waals surface area (Å²) >= 11 is 0. The van der Waals surface area contributed by atoms with Crippen molar-refractivity contribution in [1.29, 1.82) is 0 Å². The molecule has 0 fully saturated rings. The average Bonchev–Trinajstić information content (AvgIpc) is 2.94. The van der Waals surface area contributed by atoms with E-state index in [0.29, 0.717) is 17.9 Å². The molecule has 0 aliphatic heterocycles. The Morgan fingerprint density at radius 3 is 2.07 bits per heavy atom. The molecular formula is C36H53N3O6. The van der Waals surface area contributed by atoms with Gasteiger partial charge in [-0.3, -0.25) is 14.4 Å². The molecule has 0 aliphatic rings. The molecule has 3 atom stereocenters. The molecule has 3 amide bonds. The summed E-state index contributed by atoms with van der Waals surface area (Å²) in [5.74, 6) is -0.836. The van der Waals surface area contributed by atoms with E-state index >= 15 is 0 Å². The minimum Gasteiger partial charge on any atom is -0.466 e. The largest absolute Gasteiger partial charge is 0.466 e. The van der Waals surface area contributed by atoms with Crippen LogP contribution in [-0.2, 0) is 30.3 Å². The Balaban J connectivity index is 2.66. The maximum absolute atomic E-state index is 14.8. The number of benzene rings is 2. The van der Waals surface area contributed by atoms with Gasteiger partial charge in [0.25, 0.3) is 0 Å². The van der Waals surface area contributed by atoms with E-state index in [1.165, 1.54) is 0 Å². The number of alkyl carbamates (subject to hydrolysis) is 1. The maximum atomic E-state index is 14.8. The van der Waals surface area contributed by atoms with Crippen molar-refractivity contribution in [3.05, 3.63) is 70.8 Å². The van der Waals surface area contributed by atoms with Crippen LogP contribution in [0.1, 0.15) is 96.0 Å². The standard InChI is InChI=1S/C36H53N3O6/c1-10-44-30(40)21-22-37-33(41)32(31-25(4)15-14-16-26(31)5)39(27(6)20-19-24(2)3)34(42)29(23-28-17-12-11-13-18-28)38-35(43)45-36(7,8)9/h11-18,24,27,29,32H,10,19-23H2,1-9H3,(H,37,41)(H,38,43). The van der Waals surface area contributed by atoms with Crippen LogP contribution in [0.4, 0.5) is 4.79 Å². The number of aryl methyl sites for hydroxylation is 2. The molecule has 0 aliphatic carbocycles. The topological polar surface area (TPSA) is 114 Å². The van der Waals surface area contributed by atoms with Crippen LogP contribution in [0.3, 0.4) is 0 Å². The van der Waals surface area contributed by atoms with Crippen LogP contribution in [0.5, 0.6) is 0 Å². The van der Waals surface area contributed by atoms with Gasteiger partial charge in [0.05, 0.1) is 13.0 Å². The Morgan fingerprint density at radius 2 is 1.51 bits per heavy atom. The fourth-order valence-corrected chi connectivity index (χ4v) is 5.26. The third-order valence-electron chi connectivity index (χ3n) is 7.44. The molecule has 0 spiro atoms. The summed E-state index contributed by atoms with van der Waals surface area (Å²) < 4.78 is 10.6. The predicted molar refractivity (Wildman–Crippen MR) is 177 cm³/mol. The summed E-state index contributed by atoms with van der Waals surface area (Å²) in [6.45, 7) is 17.3. The van der Waals surface area contributed by atoms with Crippen LogP contribution in [-0.4, -0.2) is 59.6 Å². The summed E-state index contributed by atoms with van der Waals surface area (Å²) in [5.41, 5.74) is 2.51. The van der Waals surface area contributed by atoms with Gasteiger partial charge in [0.2, 0.25) is 11.8 Å². The fourth-order valence-electron chi connectivity index (χ4n) is 5.26. The number of nitrogens with zero attached hydrogens (tertiary/aromatic N) is 1. The van der Waals surface area contributed by atoms with Crippen molar-refractivity contribution in [1.82, 2.24) is 15.5 Å². The lowest BCUT2D eigenvalue weighted by Crippen LogP contribution is -2.56. The molecule has 2 aromatic carbocycles. The maximum Gasteiger partial charge on any atom is 0.408 e. The second-order valence-electron chi connectivity index (χ2n) is 13.0. The van der Waals surface area contributed by atoms with Crippen molar-refractivity contribution < 1.29 is 28.7 Å². The number of nitrogens with one attached hydrogen (secondary N) is 2. The number of hydrogen-bond donors (Lipinski definition) is 2. The smallest absolute Gasteiger partial charge is 0.408 e. The number of amides is 3. The van der Waals surface area contributed by atoms with E-state index in [9.17, 15) is 19.2 Å². The molecule has 0 heterocycles. The molecule has 2 N–H and O–H groups in total. The van der Waals surface area contributed by atoms with E-state index in [2.05, 4.69) is 24.5 Å². The monoisotopic (exact) mass is 623 g/mol. The summed E-state index contributed by atoms with van der Waals surface area (Å²) in [6, 6.07) is 12.8. The summed E-state index contributed by atoms with van der Waals surface area (Å²) in [4.78, 5) is 55.8. The Morgan fingerprint density at radius 1 is 0.889 bits per heavy atom.